The van der Waals surface area contributed by atoms with Crippen LogP contribution in [0.25, 0.3) is 0 Å². The van der Waals surface area contributed by atoms with Gasteiger partial charge in [0.1, 0.15) is 0 Å². The van der Waals surface area contributed by atoms with Crippen LogP contribution >= 0.6 is 0 Å². The molecule has 0 saturated carbocycles. The Hall–Kier alpha value is -1.23. The highest BCUT2D eigenvalue weighted by Gasteiger charge is 2.34. The summed E-state index contributed by atoms with van der Waals surface area (Å²) >= 11 is 0. The van der Waals surface area contributed by atoms with Crippen LogP contribution in [0, 0.1) is 0 Å². The molecule has 0 aliphatic carbocycles. The average molecular weight is 231 g/mol. The fourth-order valence-electron chi connectivity index (χ4n) is 1.91. The minimum Gasteiger partial charge on any atom is -0.385 e. The van der Waals surface area contributed by atoms with Crippen LogP contribution in [0.1, 0.15) is 24.5 Å². The Morgan fingerprint density at radius 2 is 2.06 bits per heavy atom. The molecule has 88 valence electrons. The summed E-state index contributed by atoms with van der Waals surface area (Å²) in [4.78, 5) is 0. The number of hydrogen-bond donors (Lipinski definition) is 2. The van der Waals surface area contributed by atoms with E-state index in [4.69, 9.17) is 0 Å². The maximum absolute atomic E-state index is 12.5. The van der Waals surface area contributed by atoms with Crippen LogP contribution in [-0.4, -0.2) is 11.7 Å². The highest BCUT2D eigenvalue weighted by Crippen LogP contribution is 2.38. The molecule has 0 spiro atoms. The number of alkyl halides is 3. The van der Waals surface area contributed by atoms with Crippen molar-refractivity contribution in [3.05, 3.63) is 29.3 Å². The van der Waals surface area contributed by atoms with Crippen molar-refractivity contribution in [3.8, 4) is 0 Å². The van der Waals surface area contributed by atoms with Crippen molar-refractivity contribution in [1.29, 1.82) is 0 Å². The lowest BCUT2D eigenvalue weighted by atomic mass is 9.87. The Balaban J connectivity index is 2.48. The van der Waals surface area contributed by atoms with Crippen LogP contribution in [-0.2, 0) is 11.8 Å². The summed E-state index contributed by atoms with van der Waals surface area (Å²) in [5, 5.41) is 12.9. The van der Waals surface area contributed by atoms with Crippen LogP contribution in [0.4, 0.5) is 18.9 Å². The number of benzene rings is 1. The summed E-state index contributed by atoms with van der Waals surface area (Å²) in [5.41, 5.74) is -0.862. The van der Waals surface area contributed by atoms with E-state index in [1.54, 1.807) is 6.92 Å². The third-order valence-corrected chi connectivity index (χ3v) is 2.85. The lowest BCUT2D eigenvalue weighted by Gasteiger charge is -2.32. The average Bonchev–Trinajstić information content (AvgIpc) is 2.15. The lowest BCUT2D eigenvalue weighted by Crippen LogP contribution is -2.31. The molecule has 1 atom stereocenters. The van der Waals surface area contributed by atoms with Gasteiger partial charge in [0.15, 0.2) is 0 Å². The standard InChI is InChI=1S/C11H12F3NO/c1-10(16)4-5-15-9-6-7(11(12,13)14)2-3-8(9)10/h2-3,6,15-16H,4-5H2,1H3. The predicted molar refractivity (Wildman–Crippen MR) is 54.1 cm³/mol. The van der Waals surface area contributed by atoms with Crippen molar-refractivity contribution < 1.29 is 18.3 Å². The van der Waals surface area contributed by atoms with Gasteiger partial charge in [-0.05, 0) is 25.5 Å². The molecule has 16 heavy (non-hydrogen) atoms. The molecule has 2 nitrogen and oxygen atoms in total. The fraction of sp³-hybridized carbons (Fsp3) is 0.455. The number of fused-ring (bicyclic) bond motifs is 1. The van der Waals surface area contributed by atoms with Gasteiger partial charge in [-0.15, -0.1) is 0 Å². The molecule has 1 aromatic carbocycles. The number of anilines is 1. The number of nitrogens with one attached hydrogen (secondary N) is 1. The highest BCUT2D eigenvalue weighted by atomic mass is 19.4. The highest BCUT2D eigenvalue weighted by molar-refractivity contribution is 5.57. The zero-order valence-electron chi connectivity index (χ0n) is 8.73. The van der Waals surface area contributed by atoms with Gasteiger partial charge in [0.2, 0.25) is 0 Å². The second kappa shape index (κ2) is 3.38. The molecular weight excluding hydrogens is 219 g/mol. The number of hydrogen-bond acceptors (Lipinski definition) is 2. The molecule has 2 N–H and O–H groups in total. The van der Waals surface area contributed by atoms with Gasteiger partial charge in [-0.1, -0.05) is 6.07 Å². The van der Waals surface area contributed by atoms with Crippen molar-refractivity contribution in [1.82, 2.24) is 0 Å². The molecule has 0 saturated heterocycles. The summed E-state index contributed by atoms with van der Waals surface area (Å²) in [5.74, 6) is 0. The van der Waals surface area contributed by atoms with Gasteiger partial charge in [-0.2, -0.15) is 13.2 Å². The van der Waals surface area contributed by atoms with E-state index in [0.717, 1.165) is 12.1 Å². The SMILES string of the molecule is CC1(O)CCNc2cc(C(F)(F)F)ccc21. The molecule has 0 amide bonds. The third kappa shape index (κ3) is 1.87. The minimum atomic E-state index is -4.35. The molecule has 0 aromatic heterocycles. The molecule has 2 rings (SSSR count). The molecule has 0 bridgehead atoms. The largest absolute Gasteiger partial charge is 0.416 e. The summed E-state index contributed by atoms with van der Waals surface area (Å²) in [7, 11) is 0. The molecule has 1 unspecified atom stereocenters. The lowest BCUT2D eigenvalue weighted by molar-refractivity contribution is -0.137. The topological polar surface area (TPSA) is 32.3 Å². The van der Waals surface area contributed by atoms with Crippen LogP contribution < -0.4 is 5.32 Å². The normalized spacial score (nSPS) is 24.8. The monoisotopic (exact) mass is 231 g/mol. The van der Waals surface area contributed by atoms with E-state index in [0.29, 0.717) is 24.2 Å². The fourth-order valence-corrected chi connectivity index (χ4v) is 1.91. The van der Waals surface area contributed by atoms with Gasteiger partial charge in [0.25, 0.3) is 0 Å². The summed E-state index contributed by atoms with van der Waals surface area (Å²) in [6.07, 6.45) is -3.86. The van der Waals surface area contributed by atoms with E-state index in [1.807, 2.05) is 0 Å². The number of aliphatic hydroxyl groups is 1. The number of halogens is 3. The molecule has 5 heteroatoms. The van der Waals surface area contributed by atoms with Crippen molar-refractivity contribution in [2.24, 2.45) is 0 Å². The zero-order chi connectivity index (χ0) is 12.0. The van der Waals surface area contributed by atoms with E-state index in [-0.39, 0.29) is 0 Å². The zero-order valence-corrected chi connectivity index (χ0v) is 8.73. The van der Waals surface area contributed by atoms with Gasteiger partial charge in [-0.3, -0.25) is 0 Å². The van der Waals surface area contributed by atoms with Crippen LogP contribution in [0.5, 0.6) is 0 Å². The van der Waals surface area contributed by atoms with Gasteiger partial charge < -0.3 is 10.4 Å². The van der Waals surface area contributed by atoms with Crippen LogP contribution in [0.3, 0.4) is 0 Å². The van der Waals surface area contributed by atoms with E-state index in [2.05, 4.69) is 5.32 Å². The van der Waals surface area contributed by atoms with Gasteiger partial charge >= 0.3 is 6.18 Å². The van der Waals surface area contributed by atoms with E-state index >= 15 is 0 Å². The molecule has 1 aliphatic heterocycles. The first-order chi connectivity index (χ1) is 7.31. The first-order valence-electron chi connectivity index (χ1n) is 4.99. The van der Waals surface area contributed by atoms with Crippen molar-refractivity contribution in [2.75, 3.05) is 11.9 Å². The maximum Gasteiger partial charge on any atom is 0.416 e. The van der Waals surface area contributed by atoms with Gasteiger partial charge in [-0.25, -0.2) is 0 Å². The summed E-state index contributed by atoms with van der Waals surface area (Å²) in [6.45, 7) is 2.08. The third-order valence-electron chi connectivity index (χ3n) is 2.85. The quantitative estimate of drug-likeness (QED) is 0.719. The second-order valence-electron chi connectivity index (χ2n) is 4.21. The summed E-state index contributed by atoms with van der Waals surface area (Å²) < 4.78 is 37.4. The van der Waals surface area contributed by atoms with Gasteiger partial charge in [0.05, 0.1) is 11.2 Å². The first-order valence-corrected chi connectivity index (χ1v) is 4.99. The predicted octanol–water partition coefficient (Wildman–Crippen LogP) is 2.73. The van der Waals surface area contributed by atoms with Crippen molar-refractivity contribution >= 4 is 5.69 Å². The Labute approximate surface area is 91.1 Å². The molecule has 0 radical (unpaired) electrons. The maximum atomic E-state index is 12.5. The minimum absolute atomic E-state index is 0.367. The Morgan fingerprint density at radius 3 is 2.69 bits per heavy atom. The smallest absolute Gasteiger partial charge is 0.385 e. The second-order valence-corrected chi connectivity index (χ2v) is 4.21. The molecule has 1 heterocycles. The van der Waals surface area contributed by atoms with E-state index in [9.17, 15) is 18.3 Å². The Bertz CT molecular complexity index is 412. The van der Waals surface area contributed by atoms with Crippen molar-refractivity contribution in [3.63, 3.8) is 0 Å². The van der Waals surface area contributed by atoms with Gasteiger partial charge in [0, 0.05) is 17.8 Å². The Kier molecular flexibility index (Phi) is 2.38. The molecule has 1 aliphatic rings. The Morgan fingerprint density at radius 1 is 1.38 bits per heavy atom. The van der Waals surface area contributed by atoms with Crippen LogP contribution in [0.2, 0.25) is 0 Å². The van der Waals surface area contributed by atoms with Crippen LogP contribution in [0.15, 0.2) is 18.2 Å². The van der Waals surface area contributed by atoms with E-state index < -0.39 is 17.3 Å². The molecule has 0 fully saturated rings. The van der Waals surface area contributed by atoms with Crippen molar-refractivity contribution in [2.45, 2.75) is 25.1 Å². The molecule has 1 aromatic rings. The molecular formula is C11H12F3NO. The summed E-state index contributed by atoms with van der Waals surface area (Å²) in [6, 6.07) is 3.38. The number of rotatable bonds is 0. The first kappa shape index (κ1) is 11.3. The van der Waals surface area contributed by atoms with E-state index in [1.165, 1.54) is 6.07 Å².